The Bertz CT molecular complexity index is 338. The third-order valence-corrected chi connectivity index (χ3v) is 4.62. The first-order valence-corrected chi connectivity index (χ1v) is 7.61. The van der Waals surface area contributed by atoms with Crippen LogP contribution in [0.1, 0.15) is 52.9 Å². The minimum Gasteiger partial charge on any atom is -0.368 e. The summed E-state index contributed by atoms with van der Waals surface area (Å²) in [6.07, 6.45) is 6.04. The van der Waals surface area contributed by atoms with Gasteiger partial charge in [0, 0.05) is 12.6 Å². The summed E-state index contributed by atoms with van der Waals surface area (Å²) in [4.78, 5) is 14.2. The van der Waals surface area contributed by atoms with Gasteiger partial charge in [0.1, 0.15) is 5.54 Å². The molecule has 2 aliphatic rings. The van der Waals surface area contributed by atoms with Gasteiger partial charge in [0.25, 0.3) is 0 Å². The molecule has 1 amide bonds. The number of hydrogen-bond donors (Lipinski definition) is 2. The molecule has 0 bridgehead atoms. The van der Waals surface area contributed by atoms with E-state index >= 15 is 0 Å². The number of nitrogens with two attached hydrogens (primary N) is 1. The molecule has 2 rings (SSSR count). The van der Waals surface area contributed by atoms with Crippen molar-refractivity contribution >= 4 is 5.91 Å². The second-order valence-corrected chi connectivity index (χ2v) is 7.41. The predicted octanol–water partition coefficient (Wildman–Crippen LogP) is 1.49. The summed E-state index contributed by atoms with van der Waals surface area (Å²) in [5.41, 5.74) is 5.49. The summed E-state index contributed by atoms with van der Waals surface area (Å²) in [7, 11) is 0. The Balaban J connectivity index is 1.94. The maximum absolute atomic E-state index is 11.8. The number of carbonyl (C=O) groups is 1. The lowest BCUT2D eigenvalue weighted by molar-refractivity contribution is -0.124. The lowest BCUT2D eigenvalue weighted by atomic mass is 9.85. The van der Waals surface area contributed by atoms with Gasteiger partial charge in [0.05, 0.1) is 0 Å². The highest BCUT2D eigenvalue weighted by Gasteiger charge is 2.38. The van der Waals surface area contributed by atoms with Crippen molar-refractivity contribution in [3.63, 3.8) is 0 Å². The zero-order valence-corrected chi connectivity index (χ0v) is 12.7. The van der Waals surface area contributed by atoms with E-state index in [-0.39, 0.29) is 5.91 Å². The van der Waals surface area contributed by atoms with Gasteiger partial charge < -0.3 is 10.6 Å². The maximum atomic E-state index is 11.8. The lowest BCUT2D eigenvalue weighted by Crippen LogP contribution is -2.60. The van der Waals surface area contributed by atoms with Crippen LogP contribution in [0.25, 0.3) is 0 Å². The SMILES string of the molecule is CC1(C)CCCN(CC(C)(NC2CC2)C(N)=O)CC1. The molecule has 110 valence electrons. The van der Waals surface area contributed by atoms with Crippen LogP contribution in [0.2, 0.25) is 0 Å². The number of nitrogens with zero attached hydrogens (tertiary/aromatic N) is 1. The molecule has 19 heavy (non-hydrogen) atoms. The highest BCUT2D eigenvalue weighted by molar-refractivity contribution is 5.84. The molecule has 1 saturated carbocycles. The van der Waals surface area contributed by atoms with Crippen LogP contribution in [0.4, 0.5) is 0 Å². The van der Waals surface area contributed by atoms with E-state index in [0.29, 0.717) is 11.5 Å². The van der Waals surface area contributed by atoms with Crippen molar-refractivity contribution in [3.8, 4) is 0 Å². The number of amides is 1. The molecule has 4 nitrogen and oxygen atoms in total. The molecule has 0 radical (unpaired) electrons. The first-order valence-electron chi connectivity index (χ1n) is 7.61. The first-order chi connectivity index (χ1) is 8.81. The van der Waals surface area contributed by atoms with Gasteiger partial charge in [-0.15, -0.1) is 0 Å². The standard InChI is InChI=1S/C15H29N3O/c1-14(2)7-4-9-18(10-8-14)11-15(3,13(16)19)17-12-5-6-12/h12,17H,4-11H2,1-3H3,(H2,16,19). The highest BCUT2D eigenvalue weighted by atomic mass is 16.1. The molecule has 2 fully saturated rings. The van der Waals surface area contributed by atoms with Crippen molar-refractivity contribution in [1.82, 2.24) is 10.2 Å². The average Bonchev–Trinajstić information content (AvgIpc) is 3.09. The zero-order chi connectivity index (χ0) is 14.1. The molecule has 1 saturated heterocycles. The summed E-state index contributed by atoms with van der Waals surface area (Å²) < 4.78 is 0. The molecule has 1 aliphatic heterocycles. The molecule has 1 heterocycles. The van der Waals surface area contributed by atoms with Crippen LogP contribution < -0.4 is 11.1 Å². The largest absolute Gasteiger partial charge is 0.368 e. The molecular weight excluding hydrogens is 238 g/mol. The fraction of sp³-hybridized carbons (Fsp3) is 0.933. The summed E-state index contributed by atoms with van der Waals surface area (Å²) in [6, 6.07) is 0.501. The first kappa shape index (κ1) is 14.8. The topological polar surface area (TPSA) is 58.4 Å². The molecule has 1 unspecified atom stereocenters. The molecule has 0 aromatic rings. The van der Waals surface area contributed by atoms with Crippen LogP contribution in [0.15, 0.2) is 0 Å². The second-order valence-electron chi connectivity index (χ2n) is 7.41. The molecule has 1 atom stereocenters. The van der Waals surface area contributed by atoms with E-state index in [4.69, 9.17) is 5.73 Å². The van der Waals surface area contributed by atoms with Crippen LogP contribution in [-0.2, 0) is 4.79 Å². The van der Waals surface area contributed by atoms with Crippen LogP contribution in [0, 0.1) is 5.41 Å². The Labute approximate surface area is 117 Å². The van der Waals surface area contributed by atoms with Crippen LogP contribution in [-0.4, -0.2) is 42.0 Å². The number of primary amides is 1. The Morgan fingerprint density at radius 1 is 1.37 bits per heavy atom. The van der Waals surface area contributed by atoms with E-state index in [1.54, 1.807) is 0 Å². The molecule has 0 aromatic heterocycles. The van der Waals surface area contributed by atoms with Crippen molar-refractivity contribution in [2.45, 2.75) is 64.5 Å². The molecule has 3 N–H and O–H groups in total. The van der Waals surface area contributed by atoms with E-state index in [1.807, 2.05) is 6.92 Å². The Morgan fingerprint density at radius 3 is 2.63 bits per heavy atom. The predicted molar refractivity (Wildman–Crippen MR) is 77.8 cm³/mol. The third-order valence-electron chi connectivity index (χ3n) is 4.62. The Morgan fingerprint density at radius 2 is 2.05 bits per heavy atom. The van der Waals surface area contributed by atoms with Gasteiger partial charge in [-0.1, -0.05) is 13.8 Å². The van der Waals surface area contributed by atoms with Crippen molar-refractivity contribution in [3.05, 3.63) is 0 Å². The number of carbonyl (C=O) groups excluding carboxylic acids is 1. The van der Waals surface area contributed by atoms with E-state index in [0.717, 1.165) is 19.6 Å². The smallest absolute Gasteiger partial charge is 0.238 e. The number of hydrogen-bond acceptors (Lipinski definition) is 3. The lowest BCUT2D eigenvalue weighted by Gasteiger charge is -2.34. The van der Waals surface area contributed by atoms with Gasteiger partial charge in [-0.3, -0.25) is 10.1 Å². The van der Waals surface area contributed by atoms with Gasteiger partial charge >= 0.3 is 0 Å². The molecule has 0 aromatic carbocycles. The van der Waals surface area contributed by atoms with Crippen LogP contribution in [0.5, 0.6) is 0 Å². The minimum absolute atomic E-state index is 0.220. The fourth-order valence-electron chi connectivity index (χ4n) is 2.96. The summed E-state index contributed by atoms with van der Waals surface area (Å²) in [6.45, 7) is 9.54. The van der Waals surface area contributed by atoms with Crippen molar-refractivity contribution in [1.29, 1.82) is 0 Å². The highest BCUT2D eigenvalue weighted by Crippen LogP contribution is 2.30. The monoisotopic (exact) mass is 267 g/mol. The van der Waals surface area contributed by atoms with Gasteiger partial charge in [0.15, 0.2) is 0 Å². The molecule has 1 aliphatic carbocycles. The van der Waals surface area contributed by atoms with Gasteiger partial charge in [-0.25, -0.2) is 0 Å². The Hall–Kier alpha value is -0.610. The molecular formula is C15H29N3O. The van der Waals surface area contributed by atoms with Crippen LogP contribution >= 0.6 is 0 Å². The number of rotatable bonds is 5. The van der Waals surface area contributed by atoms with Gasteiger partial charge in [-0.05, 0) is 57.5 Å². The summed E-state index contributed by atoms with van der Waals surface area (Å²) in [5, 5.41) is 3.44. The summed E-state index contributed by atoms with van der Waals surface area (Å²) in [5.74, 6) is -0.220. The van der Waals surface area contributed by atoms with Crippen molar-refractivity contribution in [2.24, 2.45) is 11.1 Å². The molecule has 4 heteroatoms. The average molecular weight is 267 g/mol. The zero-order valence-electron chi connectivity index (χ0n) is 12.7. The quantitative estimate of drug-likeness (QED) is 0.793. The number of likely N-dealkylation sites (tertiary alicyclic amines) is 1. The number of nitrogens with one attached hydrogen (secondary N) is 1. The van der Waals surface area contributed by atoms with E-state index in [1.165, 1.54) is 32.1 Å². The second kappa shape index (κ2) is 5.41. The van der Waals surface area contributed by atoms with E-state index in [9.17, 15) is 4.79 Å². The van der Waals surface area contributed by atoms with Gasteiger partial charge in [0.2, 0.25) is 5.91 Å². The van der Waals surface area contributed by atoms with Crippen molar-refractivity contribution < 1.29 is 4.79 Å². The minimum atomic E-state index is -0.574. The summed E-state index contributed by atoms with van der Waals surface area (Å²) >= 11 is 0. The van der Waals surface area contributed by atoms with Gasteiger partial charge in [-0.2, -0.15) is 0 Å². The third kappa shape index (κ3) is 4.18. The van der Waals surface area contributed by atoms with E-state index in [2.05, 4.69) is 24.1 Å². The van der Waals surface area contributed by atoms with Crippen molar-refractivity contribution in [2.75, 3.05) is 19.6 Å². The maximum Gasteiger partial charge on any atom is 0.238 e. The molecule has 0 spiro atoms. The van der Waals surface area contributed by atoms with E-state index < -0.39 is 5.54 Å². The Kier molecular flexibility index (Phi) is 4.21. The normalized spacial score (nSPS) is 27.5. The van der Waals surface area contributed by atoms with Crippen LogP contribution in [0.3, 0.4) is 0 Å². The fourth-order valence-corrected chi connectivity index (χ4v) is 2.96.